The lowest BCUT2D eigenvalue weighted by Gasteiger charge is -2.13. The zero-order valence-corrected chi connectivity index (χ0v) is 11.6. The van der Waals surface area contributed by atoms with Crippen LogP contribution in [0.4, 0.5) is 4.39 Å². The number of hydrogen-bond donors (Lipinski definition) is 1. The molecular weight excluding hydrogens is 287 g/mol. The van der Waals surface area contributed by atoms with Gasteiger partial charge in [-0.25, -0.2) is 9.18 Å². The van der Waals surface area contributed by atoms with Gasteiger partial charge in [-0.05, 0) is 42.8 Å². The van der Waals surface area contributed by atoms with E-state index < -0.39 is 22.9 Å². The highest BCUT2D eigenvalue weighted by Gasteiger charge is 2.20. The SMILES string of the molecule is C=C(C)c1cc(C(=O)O)c(=O)n(-c2ccc(F)cc2)c1C#N. The van der Waals surface area contributed by atoms with E-state index in [1.54, 1.807) is 6.92 Å². The number of benzene rings is 1. The maximum Gasteiger partial charge on any atom is 0.341 e. The summed E-state index contributed by atoms with van der Waals surface area (Å²) in [4.78, 5) is 23.6. The Morgan fingerprint density at radius 3 is 2.36 bits per heavy atom. The molecule has 0 amide bonds. The third-order valence-electron chi connectivity index (χ3n) is 3.08. The number of halogens is 1. The zero-order valence-electron chi connectivity index (χ0n) is 11.6. The second kappa shape index (κ2) is 5.66. The number of carboxylic acid groups (broad SMARTS) is 1. The van der Waals surface area contributed by atoms with Crippen molar-refractivity contribution in [3.05, 3.63) is 69.9 Å². The molecule has 110 valence electrons. The second-order valence-electron chi connectivity index (χ2n) is 4.63. The van der Waals surface area contributed by atoms with Gasteiger partial charge in [0.05, 0.1) is 5.69 Å². The van der Waals surface area contributed by atoms with Crippen molar-refractivity contribution in [2.75, 3.05) is 0 Å². The van der Waals surface area contributed by atoms with E-state index in [9.17, 15) is 19.2 Å². The molecule has 5 nitrogen and oxygen atoms in total. The predicted octanol–water partition coefficient (Wildman–Crippen LogP) is 2.58. The number of carboxylic acids is 1. The minimum Gasteiger partial charge on any atom is -0.477 e. The predicted molar refractivity (Wildman–Crippen MR) is 78.4 cm³/mol. The third-order valence-corrected chi connectivity index (χ3v) is 3.08. The van der Waals surface area contributed by atoms with Crippen LogP contribution in [0.3, 0.4) is 0 Å². The van der Waals surface area contributed by atoms with Crippen LogP contribution in [0.5, 0.6) is 0 Å². The summed E-state index contributed by atoms with van der Waals surface area (Å²) in [6.45, 7) is 5.29. The lowest BCUT2D eigenvalue weighted by molar-refractivity contribution is 0.0694. The van der Waals surface area contributed by atoms with E-state index in [-0.39, 0.29) is 16.9 Å². The molecule has 0 aliphatic heterocycles. The smallest absolute Gasteiger partial charge is 0.341 e. The number of hydrogen-bond acceptors (Lipinski definition) is 3. The van der Waals surface area contributed by atoms with E-state index in [1.165, 1.54) is 12.1 Å². The van der Waals surface area contributed by atoms with E-state index in [2.05, 4.69) is 6.58 Å². The highest BCUT2D eigenvalue weighted by atomic mass is 19.1. The number of nitriles is 1. The maximum atomic E-state index is 13.0. The van der Waals surface area contributed by atoms with Crippen LogP contribution in [-0.4, -0.2) is 15.6 Å². The van der Waals surface area contributed by atoms with Gasteiger partial charge in [0.15, 0.2) is 0 Å². The van der Waals surface area contributed by atoms with Gasteiger partial charge in [-0.1, -0.05) is 6.58 Å². The molecule has 6 heteroatoms. The molecule has 0 saturated heterocycles. The quantitative estimate of drug-likeness (QED) is 0.944. The van der Waals surface area contributed by atoms with Gasteiger partial charge in [-0.2, -0.15) is 5.26 Å². The third kappa shape index (κ3) is 2.52. The molecule has 0 spiro atoms. The van der Waals surface area contributed by atoms with Crippen LogP contribution in [0.25, 0.3) is 11.3 Å². The van der Waals surface area contributed by atoms with Crippen LogP contribution in [-0.2, 0) is 0 Å². The monoisotopic (exact) mass is 298 g/mol. The molecule has 0 unspecified atom stereocenters. The van der Waals surface area contributed by atoms with Gasteiger partial charge < -0.3 is 5.11 Å². The van der Waals surface area contributed by atoms with Crippen molar-refractivity contribution in [3.8, 4) is 11.8 Å². The van der Waals surface area contributed by atoms with Crippen molar-refractivity contribution in [1.82, 2.24) is 4.57 Å². The fraction of sp³-hybridized carbons (Fsp3) is 0.0625. The molecule has 0 aliphatic carbocycles. The summed E-state index contributed by atoms with van der Waals surface area (Å²) in [5.74, 6) is -1.92. The van der Waals surface area contributed by atoms with Crippen LogP contribution in [0.15, 0.2) is 41.7 Å². The van der Waals surface area contributed by atoms with Crippen molar-refractivity contribution in [2.45, 2.75) is 6.92 Å². The fourth-order valence-corrected chi connectivity index (χ4v) is 2.04. The van der Waals surface area contributed by atoms with Gasteiger partial charge in [0.25, 0.3) is 5.56 Å². The molecule has 22 heavy (non-hydrogen) atoms. The van der Waals surface area contributed by atoms with E-state index in [1.807, 2.05) is 6.07 Å². The summed E-state index contributed by atoms with van der Waals surface area (Å²) in [6, 6.07) is 7.85. The van der Waals surface area contributed by atoms with Crippen molar-refractivity contribution < 1.29 is 14.3 Å². The standard InChI is InChI=1S/C16H11FN2O3/c1-9(2)12-7-13(16(21)22)15(20)19(14(12)8-18)11-5-3-10(17)4-6-11/h3-7H,1H2,2H3,(H,21,22). The number of aromatic nitrogens is 1. The lowest BCUT2D eigenvalue weighted by atomic mass is 10.0. The van der Waals surface area contributed by atoms with Gasteiger partial charge in [0.2, 0.25) is 0 Å². The maximum absolute atomic E-state index is 13.0. The Labute approximate surface area is 125 Å². The Morgan fingerprint density at radius 2 is 1.91 bits per heavy atom. The summed E-state index contributed by atoms with van der Waals surface area (Å²) in [5, 5.41) is 18.5. The number of aromatic carboxylic acids is 1. The van der Waals surface area contributed by atoms with Crippen molar-refractivity contribution >= 4 is 11.5 Å². The molecule has 1 aromatic carbocycles. The summed E-state index contributed by atoms with van der Waals surface area (Å²) >= 11 is 0. The van der Waals surface area contributed by atoms with Gasteiger partial charge >= 0.3 is 5.97 Å². The minimum absolute atomic E-state index is 0.0471. The highest BCUT2D eigenvalue weighted by Crippen LogP contribution is 2.20. The van der Waals surface area contributed by atoms with E-state index >= 15 is 0 Å². The molecule has 0 aliphatic rings. The van der Waals surface area contributed by atoms with Gasteiger partial charge in [-0.15, -0.1) is 0 Å². The first-order valence-electron chi connectivity index (χ1n) is 6.22. The van der Waals surface area contributed by atoms with Gasteiger partial charge in [0.1, 0.15) is 23.1 Å². The Kier molecular flexibility index (Phi) is 3.91. The fourth-order valence-electron chi connectivity index (χ4n) is 2.04. The Morgan fingerprint density at radius 1 is 1.32 bits per heavy atom. The molecule has 0 atom stereocenters. The lowest BCUT2D eigenvalue weighted by Crippen LogP contribution is -2.28. The van der Waals surface area contributed by atoms with Crippen LogP contribution in [0.2, 0.25) is 0 Å². The first kappa shape index (κ1) is 15.2. The molecule has 0 saturated carbocycles. The van der Waals surface area contributed by atoms with Crippen molar-refractivity contribution in [1.29, 1.82) is 5.26 Å². The molecule has 0 radical (unpaired) electrons. The van der Waals surface area contributed by atoms with E-state index in [4.69, 9.17) is 5.11 Å². The first-order chi connectivity index (χ1) is 10.4. The van der Waals surface area contributed by atoms with Gasteiger partial charge in [0, 0.05) is 5.56 Å². The molecule has 1 N–H and O–H groups in total. The van der Waals surface area contributed by atoms with Crippen LogP contribution in [0, 0.1) is 17.1 Å². The van der Waals surface area contributed by atoms with Crippen molar-refractivity contribution in [2.24, 2.45) is 0 Å². The number of allylic oxidation sites excluding steroid dienone is 1. The molecule has 0 fully saturated rings. The normalized spacial score (nSPS) is 10.0. The largest absolute Gasteiger partial charge is 0.477 e. The number of pyridine rings is 1. The number of nitrogens with zero attached hydrogens (tertiary/aromatic N) is 2. The summed E-state index contributed by atoms with van der Waals surface area (Å²) in [7, 11) is 0. The van der Waals surface area contributed by atoms with Crippen molar-refractivity contribution in [3.63, 3.8) is 0 Å². The molecule has 0 bridgehead atoms. The molecule has 2 rings (SSSR count). The summed E-state index contributed by atoms with van der Waals surface area (Å²) in [5.41, 5.74) is -0.497. The molecule has 2 aromatic rings. The number of rotatable bonds is 3. The zero-order chi connectivity index (χ0) is 16.4. The Bertz CT molecular complexity index is 874. The van der Waals surface area contributed by atoms with Gasteiger partial charge in [-0.3, -0.25) is 9.36 Å². The molecular formula is C16H11FN2O3. The van der Waals surface area contributed by atoms with E-state index in [0.29, 0.717) is 5.57 Å². The molecule has 1 aromatic heterocycles. The minimum atomic E-state index is -1.41. The highest BCUT2D eigenvalue weighted by molar-refractivity contribution is 5.89. The summed E-state index contributed by atoms with van der Waals surface area (Å²) < 4.78 is 14.0. The van der Waals surface area contributed by atoms with Crippen LogP contribution < -0.4 is 5.56 Å². The van der Waals surface area contributed by atoms with Crippen LogP contribution >= 0.6 is 0 Å². The average molecular weight is 298 g/mol. The topological polar surface area (TPSA) is 83.1 Å². The average Bonchev–Trinajstić information content (AvgIpc) is 2.47. The summed E-state index contributed by atoms with van der Waals surface area (Å²) in [6.07, 6.45) is 0. The Balaban J connectivity index is 2.95. The van der Waals surface area contributed by atoms with E-state index in [0.717, 1.165) is 22.8 Å². The first-order valence-corrected chi connectivity index (χ1v) is 6.22. The van der Waals surface area contributed by atoms with Crippen LogP contribution in [0.1, 0.15) is 28.5 Å². The second-order valence-corrected chi connectivity index (χ2v) is 4.63. The number of carbonyl (C=O) groups is 1. The Hall–Kier alpha value is -3.20. The molecule has 1 heterocycles.